The highest BCUT2D eigenvalue weighted by molar-refractivity contribution is 5.94. The van der Waals surface area contributed by atoms with E-state index in [1.165, 1.54) is 0 Å². The number of hydrogen-bond acceptors (Lipinski definition) is 1. The fraction of sp³-hybridized carbons (Fsp3) is 0.235. The highest BCUT2D eigenvalue weighted by Crippen LogP contribution is 2.18. The van der Waals surface area contributed by atoms with Crippen LogP contribution in [0.1, 0.15) is 40.9 Å². The molecule has 2 aromatic rings. The van der Waals surface area contributed by atoms with Crippen molar-refractivity contribution < 1.29 is 13.6 Å². The molecule has 1 N–H and O–H groups in total. The average molecular weight is 289 g/mol. The molecule has 2 rings (SSSR count). The Bertz CT molecular complexity index is 638. The molecule has 0 unspecified atom stereocenters. The molecule has 0 aliphatic rings. The third-order valence-electron chi connectivity index (χ3n) is 3.37. The standard InChI is InChI=1S/C17H17F2NO/c1-3-16(12-6-4-11(2)5-7-12)20-17(21)14-9-8-13(18)10-15(14)19/h4-10,16H,3H2,1-2H3,(H,20,21)/t16-/m0/s1. The Balaban J connectivity index is 2.18. The van der Waals surface area contributed by atoms with Crippen molar-refractivity contribution in [2.75, 3.05) is 0 Å². The van der Waals surface area contributed by atoms with Gasteiger partial charge in [0.05, 0.1) is 11.6 Å². The van der Waals surface area contributed by atoms with Crippen LogP contribution in [-0.2, 0) is 0 Å². The summed E-state index contributed by atoms with van der Waals surface area (Å²) in [7, 11) is 0. The third-order valence-corrected chi connectivity index (χ3v) is 3.37. The lowest BCUT2D eigenvalue weighted by molar-refractivity contribution is 0.0931. The molecule has 1 atom stereocenters. The Labute approximate surface area is 122 Å². The van der Waals surface area contributed by atoms with Crippen LogP contribution in [0.2, 0.25) is 0 Å². The molecule has 110 valence electrons. The van der Waals surface area contributed by atoms with E-state index in [9.17, 15) is 13.6 Å². The summed E-state index contributed by atoms with van der Waals surface area (Å²) < 4.78 is 26.5. The molecular formula is C17H17F2NO. The van der Waals surface area contributed by atoms with Gasteiger partial charge in [-0.25, -0.2) is 8.78 Å². The van der Waals surface area contributed by atoms with Crippen LogP contribution in [0.15, 0.2) is 42.5 Å². The van der Waals surface area contributed by atoms with E-state index < -0.39 is 17.5 Å². The minimum absolute atomic E-state index is 0.151. The molecule has 0 bridgehead atoms. The maximum absolute atomic E-state index is 13.6. The van der Waals surface area contributed by atoms with Crippen LogP contribution in [0.5, 0.6) is 0 Å². The molecule has 2 aromatic carbocycles. The molecule has 0 aliphatic carbocycles. The minimum Gasteiger partial charge on any atom is -0.345 e. The second-order valence-electron chi connectivity index (χ2n) is 4.97. The zero-order valence-corrected chi connectivity index (χ0v) is 12.0. The Kier molecular flexibility index (Phi) is 4.68. The molecule has 0 spiro atoms. The predicted octanol–water partition coefficient (Wildman–Crippen LogP) is 4.15. The fourth-order valence-corrected chi connectivity index (χ4v) is 2.13. The van der Waals surface area contributed by atoms with Gasteiger partial charge in [0.25, 0.3) is 5.91 Å². The van der Waals surface area contributed by atoms with Gasteiger partial charge in [-0.1, -0.05) is 36.8 Å². The molecular weight excluding hydrogens is 272 g/mol. The Morgan fingerprint density at radius 3 is 2.38 bits per heavy atom. The molecule has 0 saturated heterocycles. The first-order valence-corrected chi connectivity index (χ1v) is 6.83. The molecule has 4 heteroatoms. The lowest BCUT2D eigenvalue weighted by Gasteiger charge is -2.18. The van der Waals surface area contributed by atoms with E-state index in [2.05, 4.69) is 5.32 Å². The minimum atomic E-state index is -0.855. The average Bonchev–Trinajstić information content (AvgIpc) is 2.45. The zero-order valence-electron chi connectivity index (χ0n) is 12.0. The summed E-state index contributed by atoms with van der Waals surface area (Å²) in [5.41, 5.74) is 1.94. The van der Waals surface area contributed by atoms with Gasteiger partial charge in [0, 0.05) is 6.07 Å². The quantitative estimate of drug-likeness (QED) is 0.900. The molecule has 2 nitrogen and oxygen atoms in total. The van der Waals surface area contributed by atoms with Gasteiger partial charge < -0.3 is 5.32 Å². The van der Waals surface area contributed by atoms with Gasteiger partial charge >= 0.3 is 0 Å². The summed E-state index contributed by atoms with van der Waals surface area (Å²) in [6.45, 7) is 3.92. The first-order chi connectivity index (χ1) is 10.0. The van der Waals surface area contributed by atoms with Gasteiger partial charge in [0.15, 0.2) is 0 Å². The summed E-state index contributed by atoms with van der Waals surface area (Å²) in [6.07, 6.45) is 0.678. The number of aryl methyl sites for hydroxylation is 1. The summed E-state index contributed by atoms with van der Waals surface area (Å²) in [5.74, 6) is -2.10. The summed E-state index contributed by atoms with van der Waals surface area (Å²) in [4.78, 5) is 12.1. The van der Waals surface area contributed by atoms with Crippen molar-refractivity contribution in [3.05, 3.63) is 70.8 Å². The second-order valence-corrected chi connectivity index (χ2v) is 4.97. The number of rotatable bonds is 4. The van der Waals surface area contributed by atoms with Gasteiger partial charge in [-0.05, 0) is 31.0 Å². The van der Waals surface area contributed by atoms with Crippen LogP contribution < -0.4 is 5.32 Å². The zero-order chi connectivity index (χ0) is 15.4. The largest absolute Gasteiger partial charge is 0.345 e. The second kappa shape index (κ2) is 6.48. The van der Waals surface area contributed by atoms with Gasteiger partial charge in [0.1, 0.15) is 11.6 Å². The smallest absolute Gasteiger partial charge is 0.254 e. The van der Waals surface area contributed by atoms with Gasteiger partial charge in [0.2, 0.25) is 0 Å². The Morgan fingerprint density at radius 1 is 1.14 bits per heavy atom. The fourth-order valence-electron chi connectivity index (χ4n) is 2.13. The van der Waals surface area contributed by atoms with Crippen LogP contribution in [0.25, 0.3) is 0 Å². The number of carbonyl (C=O) groups is 1. The molecule has 0 saturated carbocycles. The SMILES string of the molecule is CC[C@H](NC(=O)c1ccc(F)cc1F)c1ccc(C)cc1. The number of nitrogens with one attached hydrogen (secondary N) is 1. The first kappa shape index (κ1) is 15.2. The molecule has 0 aromatic heterocycles. The molecule has 21 heavy (non-hydrogen) atoms. The van der Waals surface area contributed by atoms with Crippen molar-refractivity contribution in [2.45, 2.75) is 26.3 Å². The lowest BCUT2D eigenvalue weighted by atomic mass is 10.0. The van der Waals surface area contributed by atoms with Crippen molar-refractivity contribution in [3.63, 3.8) is 0 Å². The van der Waals surface area contributed by atoms with E-state index in [0.717, 1.165) is 23.3 Å². The van der Waals surface area contributed by atoms with E-state index in [-0.39, 0.29) is 11.6 Å². The van der Waals surface area contributed by atoms with E-state index >= 15 is 0 Å². The predicted molar refractivity (Wildman–Crippen MR) is 78.0 cm³/mol. The molecule has 0 radical (unpaired) electrons. The van der Waals surface area contributed by atoms with E-state index in [1.54, 1.807) is 0 Å². The van der Waals surface area contributed by atoms with E-state index in [4.69, 9.17) is 0 Å². The van der Waals surface area contributed by atoms with Crippen molar-refractivity contribution in [2.24, 2.45) is 0 Å². The number of amides is 1. The maximum atomic E-state index is 13.6. The first-order valence-electron chi connectivity index (χ1n) is 6.83. The lowest BCUT2D eigenvalue weighted by Crippen LogP contribution is -2.28. The highest BCUT2D eigenvalue weighted by atomic mass is 19.1. The van der Waals surface area contributed by atoms with Gasteiger partial charge in [-0.3, -0.25) is 4.79 Å². The maximum Gasteiger partial charge on any atom is 0.254 e. The topological polar surface area (TPSA) is 29.1 Å². The van der Waals surface area contributed by atoms with Crippen molar-refractivity contribution in [1.82, 2.24) is 5.32 Å². The number of benzene rings is 2. The van der Waals surface area contributed by atoms with Gasteiger partial charge in [-0.2, -0.15) is 0 Å². The Morgan fingerprint density at radius 2 is 1.81 bits per heavy atom. The van der Waals surface area contributed by atoms with Crippen molar-refractivity contribution >= 4 is 5.91 Å². The summed E-state index contributed by atoms with van der Waals surface area (Å²) >= 11 is 0. The highest BCUT2D eigenvalue weighted by Gasteiger charge is 2.17. The van der Waals surface area contributed by atoms with Crippen LogP contribution in [0.4, 0.5) is 8.78 Å². The third kappa shape index (κ3) is 3.66. The van der Waals surface area contributed by atoms with E-state index in [1.807, 2.05) is 38.1 Å². The molecule has 1 amide bonds. The van der Waals surface area contributed by atoms with Gasteiger partial charge in [-0.15, -0.1) is 0 Å². The van der Waals surface area contributed by atoms with Crippen LogP contribution in [0, 0.1) is 18.6 Å². The molecule has 0 heterocycles. The monoisotopic (exact) mass is 289 g/mol. The normalized spacial score (nSPS) is 12.0. The van der Waals surface area contributed by atoms with Crippen molar-refractivity contribution in [1.29, 1.82) is 0 Å². The van der Waals surface area contributed by atoms with Crippen LogP contribution in [0.3, 0.4) is 0 Å². The molecule has 0 aliphatic heterocycles. The Hall–Kier alpha value is -2.23. The number of halogens is 2. The van der Waals surface area contributed by atoms with Crippen LogP contribution >= 0.6 is 0 Å². The van der Waals surface area contributed by atoms with Crippen molar-refractivity contribution in [3.8, 4) is 0 Å². The summed E-state index contributed by atoms with van der Waals surface area (Å²) in [6, 6.07) is 10.5. The molecule has 0 fully saturated rings. The summed E-state index contributed by atoms with van der Waals surface area (Å²) in [5, 5.41) is 2.78. The number of hydrogen-bond donors (Lipinski definition) is 1. The van der Waals surface area contributed by atoms with E-state index in [0.29, 0.717) is 12.5 Å². The van der Waals surface area contributed by atoms with Crippen LogP contribution in [-0.4, -0.2) is 5.91 Å². The number of carbonyl (C=O) groups excluding carboxylic acids is 1.